The molecular weight excluding hydrogens is 517 g/mol. The van der Waals surface area contributed by atoms with Gasteiger partial charge in [-0.25, -0.2) is 4.98 Å². The van der Waals surface area contributed by atoms with Crippen molar-refractivity contribution in [1.82, 2.24) is 4.98 Å². The normalized spacial score (nSPS) is 11.4. The van der Waals surface area contributed by atoms with Gasteiger partial charge in [-0.15, -0.1) is 0 Å². The van der Waals surface area contributed by atoms with Gasteiger partial charge in [0.05, 0.1) is 10.6 Å². The maximum Gasteiger partial charge on any atom is 0.416 e. The zero-order valence-corrected chi connectivity index (χ0v) is 20.2. The van der Waals surface area contributed by atoms with Crippen LogP contribution < -0.4 is 5.32 Å². The molecule has 0 bridgehead atoms. The molecule has 1 amide bonds. The summed E-state index contributed by atoms with van der Waals surface area (Å²) in [5.74, 6) is -0.940. The van der Waals surface area contributed by atoms with E-state index in [-0.39, 0.29) is 28.5 Å². The van der Waals surface area contributed by atoms with E-state index < -0.39 is 23.4 Å². The highest BCUT2D eigenvalue weighted by molar-refractivity contribution is 6.33. The van der Waals surface area contributed by atoms with E-state index in [9.17, 15) is 23.1 Å². The molecule has 5 nitrogen and oxygen atoms in total. The number of halogens is 4. The van der Waals surface area contributed by atoms with Crippen LogP contribution in [0.1, 0.15) is 15.9 Å². The smallest absolute Gasteiger partial charge is 0.416 e. The van der Waals surface area contributed by atoms with Crippen LogP contribution in [0.15, 0.2) is 101 Å². The van der Waals surface area contributed by atoms with Gasteiger partial charge < -0.3 is 9.52 Å². The fourth-order valence-corrected chi connectivity index (χ4v) is 4.19. The minimum atomic E-state index is -4.62. The first-order valence-electron chi connectivity index (χ1n) is 11.3. The minimum Gasteiger partial charge on any atom is -0.507 e. The Labute approximate surface area is 220 Å². The van der Waals surface area contributed by atoms with Crippen molar-refractivity contribution in [2.75, 3.05) is 5.32 Å². The van der Waals surface area contributed by atoms with Crippen molar-refractivity contribution in [2.24, 2.45) is 0 Å². The number of nitrogens with zero attached hydrogens (tertiary/aromatic N) is 1. The van der Waals surface area contributed by atoms with Gasteiger partial charge in [0.2, 0.25) is 11.8 Å². The zero-order chi connectivity index (χ0) is 26.9. The van der Waals surface area contributed by atoms with Crippen molar-refractivity contribution in [3.8, 4) is 39.6 Å². The van der Waals surface area contributed by atoms with Crippen LogP contribution in [0.5, 0.6) is 5.75 Å². The van der Waals surface area contributed by atoms with Crippen molar-refractivity contribution in [2.45, 2.75) is 6.18 Å². The molecule has 5 aromatic rings. The summed E-state index contributed by atoms with van der Waals surface area (Å²) in [5.41, 5.74) is 0.916. The largest absolute Gasteiger partial charge is 0.507 e. The fourth-order valence-electron chi connectivity index (χ4n) is 3.97. The van der Waals surface area contributed by atoms with E-state index in [2.05, 4.69) is 10.3 Å². The third-order valence-electron chi connectivity index (χ3n) is 5.79. The Hall–Kier alpha value is -4.56. The van der Waals surface area contributed by atoms with Gasteiger partial charge in [0.15, 0.2) is 0 Å². The molecular formula is C29H18ClF3N2O3. The number of benzene rings is 4. The number of nitrogens with one attached hydrogen (secondary N) is 1. The van der Waals surface area contributed by atoms with Gasteiger partial charge in [-0.3, -0.25) is 10.1 Å². The minimum absolute atomic E-state index is 0.0356. The zero-order valence-electron chi connectivity index (χ0n) is 19.5. The van der Waals surface area contributed by atoms with E-state index in [1.165, 1.54) is 12.1 Å². The number of aromatic nitrogens is 1. The van der Waals surface area contributed by atoms with Crippen LogP contribution >= 0.6 is 11.6 Å². The van der Waals surface area contributed by atoms with Crippen LogP contribution in [0.4, 0.5) is 19.1 Å². The summed E-state index contributed by atoms with van der Waals surface area (Å²) >= 11 is 6.40. The SMILES string of the molecule is O=C(Nc1oc(-c2ccccc2)nc1-c1ccccc1Cl)c1ccccc1-c1ccc(C(F)(F)F)cc1O. The molecule has 0 aliphatic rings. The highest BCUT2D eigenvalue weighted by atomic mass is 35.5. The number of hydrogen-bond donors (Lipinski definition) is 2. The number of rotatable bonds is 5. The van der Waals surface area contributed by atoms with Crippen LogP contribution in [-0.2, 0) is 6.18 Å². The second-order valence-electron chi connectivity index (χ2n) is 8.27. The lowest BCUT2D eigenvalue weighted by Crippen LogP contribution is -2.13. The lowest BCUT2D eigenvalue weighted by Gasteiger charge is -2.13. The number of hydrogen-bond acceptors (Lipinski definition) is 4. The monoisotopic (exact) mass is 534 g/mol. The fraction of sp³-hybridized carbons (Fsp3) is 0.0345. The Kier molecular flexibility index (Phi) is 6.65. The molecule has 0 fully saturated rings. The average molecular weight is 535 g/mol. The highest BCUT2D eigenvalue weighted by Crippen LogP contribution is 2.39. The Morgan fingerprint density at radius 3 is 2.18 bits per heavy atom. The van der Waals surface area contributed by atoms with E-state index in [1.807, 2.05) is 18.2 Å². The van der Waals surface area contributed by atoms with E-state index >= 15 is 0 Å². The van der Waals surface area contributed by atoms with Gasteiger partial charge >= 0.3 is 6.18 Å². The summed E-state index contributed by atoms with van der Waals surface area (Å²) in [7, 11) is 0. The standard InChI is InChI=1S/C29H18ClF3N2O3/c30-23-13-7-6-12-22(23)25-28(38-27(34-25)17-8-2-1-3-9-17)35-26(37)21-11-5-4-10-19(21)20-15-14-18(16-24(20)36)29(31,32)33/h1-16,36H,(H,35,37). The van der Waals surface area contributed by atoms with Gasteiger partial charge in [0, 0.05) is 22.3 Å². The lowest BCUT2D eigenvalue weighted by molar-refractivity contribution is -0.137. The molecule has 2 N–H and O–H groups in total. The summed E-state index contributed by atoms with van der Waals surface area (Å²) in [6.45, 7) is 0. The molecule has 0 saturated heterocycles. The molecule has 0 saturated carbocycles. The average Bonchev–Trinajstić information content (AvgIpc) is 3.32. The lowest BCUT2D eigenvalue weighted by atomic mass is 9.97. The second kappa shape index (κ2) is 10.1. The molecule has 1 heterocycles. The number of phenolic OH excluding ortho intramolecular Hbond substituents is 1. The van der Waals surface area contributed by atoms with Crippen LogP contribution in [0.2, 0.25) is 5.02 Å². The van der Waals surface area contributed by atoms with Crippen molar-refractivity contribution < 1.29 is 27.5 Å². The summed E-state index contributed by atoms with van der Waals surface area (Å²) in [4.78, 5) is 18.0. The number of carbonyl (C=O) groups is 1. The maximum absolute atomic E-state index is 13.5. The van der Waals surface area contributed by atoms with Gasteiger partial charge in [0.25, 0.3) is 5.91 Å². The van der Waals surface area contributed by atoms with E-state index in [4.69, 9.17) is 16.0 Å². The van der Waals surface area contributed by atoms with Crippen LogP contribution in [0.3, 0.4) is 0 Å². The molecule has 38 heavy (non-hydrogen) atoms. The predicted molar refractivity (Wildman–Crippen MR) is 139 cm³/mol. The summed E-state index contributed by atoms with van der Waals surface area (Å²) in [6.07, 6.45) is -4.62. The molecule has 5 rings (SSSR count). The molecule has 0 spiro atoms. The quantitative estimate of drug-likeness (QED) is 0.238. The number of alkyl halides is 3. The second-order valence-corrected chi connectivity index (χ2v) is 8.68. The molecule has 1 aromatic heterocycles. The summed E-state index contributed by atoms with van der Waals surface area (Å²) in [6, 6.07) is 24.9. The number of phenols is 1. The Balaban J connectivity index is 1.55. The summed E-state index contributed by atoms with van der Waals surface area (Å²) < 4.78 is 45.2. The van der Waals surface area contributed by atoms with Crippen LogP contribution in [0.25, 0.3) is 33.8 Å². The molecule has 190 valence electrons. The highest BCUT2D eigenvalue weighted by Gasteiger charge is 2.31. The molecule has 0 radical (unpaired) electrons. The van der Waals surface area contributed by atoms with Crippen molar-refractivity contribution >= 4 is 23.4 Å². The van der Waals surface area contributed by atoms with E-state index in [1.54, 1.807) is 48.5 Å². The number of carbonyl (C=O) groups excluding carboxylic acids is 1. The first-order valence-corrected chi connectivity index (χ1v) is 11.7. The topological polar surface area (TPSA) is 75.4 Å². The molecule has 0 unspecified atom stereocenters. The first kappa shape index (κ1) is 25.1. The van der Waals surface area contributed by atoms with Gasteiger partial charge in [-0.1, -0.05) is 72.3 Å². The third kappa shape index (κ3) is 4.99. The maximum atomic E-state index is 13.5. The molecule has 9 heteroatoms. The summed E-state index contributed by atoms with van der Waals surface area (Å²) in [5, 5.41) is 13.5. The van der Waals surface area contributed by atoms with Crippen molar-refractivity contribution in [3.05, 3.63) is 113 Å². The molecule has 4 aromatic carbocycles. The van der Waals surface area contributed by atoms with Crippen LogP contribution in [-0.4, -0.2) is 16.0 Å². The number of anilines is 1. The van der Waals surface area contributed by atoms with Crippen molar-refractivity contribution in [3.63, 3.8) is 0 Å². The van der Waals surface area contributed by atoms with Crippen molar-refractivity contribution in [1.29, 1.82) is 0 Å². The van der Waals surface area contributed by atoms with Gasteiger partial charge in [-0.05, 0) is 42.0 Å². The number of aromatic hydroxyl groups is 1. The molecule has 0 aliphatic carbocycles. The Morgan fingerprint density at radius 2 is 1.50 bits per heavy atom. The first-order chi connectivity index (χ1) is 18.2. The number of amides is 1. The Morgan fingerprint density at radius 1 is 0.842 bits per heavy atom. The Bertz CT molecular complexity index is 1630. The predicted octanol–water partition coefficient (Wildman–Crippen LogP) is 8.31. The van der Waals surface area contributed by atoms with Gasteiger partial charge in [0.1, 0.15) is 11.4 Å². The molecule has 0 atom stereocenters. The molecule has 0 aliphatic heterocycles. The van der Waals surface area contributed by atoms with E-state index in [0.717, 1.165) is 12.1 Å². The number of oxazole rings is 1. The van der Waals surface area contributed by atoms with Gasteiger partial charge in [-0.2, -0.15) is 13.2 Å². The third-order valence-corrected chi connectivity index (χ3v) is 6.12. The van der Waals surface area contributed by atoms with E-state index in [0.29, 0.717) is 27.9 Å². The van der Waals surface area contributed by atoms with Crippen LogP contribution in [0, 0.1) is 0 Å².